The van der Waals surface area contributed by atoms with Gasteiger partial charge in [0.05, 0.1) is 23.8 Å². The Hall–Kier alpha value is -4.07. The largest absolute Gasteiger partial charge is 0.495 e. The smallest absolute Gasteiger partial charge is 0.407 e. The molecule has 1 saturated heterocycles. The molecule has 35 heavy (non-hydrogen) atoms. The van der Waals surface area contributed by atoms with Crippen molar-refractivity contribution >= 4 is 33.6 Å². The summed E-state index contributed by atoms with van der Waals surface area (Å²) in [6.45, 7) is -0.523. The first-order valence-corrected chi connectivity index (χ1v) is 11.9. The number of nitrogens with zero attached hydrogens (tertiary/aromatic N) is 4. The molecule has 3 rings (SSSR count). The van der Waals surface area contributed by atoms with Crippen LogP contribution in [0.1, 0.15) is 6.42 Å². The predicted octanol–water partition coefficient (Wildman–Crippen LogP) is 2.53. The number of ether oxygens (including phenoxy) is 1. The number of benzene rings is 2. The van der Waals surface area contributed by atoms with Crippen LogP contribution in [-0.4, -0.2) is 84.9 Å². The molecule has 1 atom stereocenters. The van der Waals surface area contributed by atoms with Gasteiger partial charge in [-0.3, -0.25) is 14.4 Å². The van der Waals surface area contributed by atoms with E-state index in [0.717, 1.165) is 26.2 Å². The summed E-state index contributed by atoms with van der Waals surface area (Å²) in [7, 11) is -3.18. The first-order chi connectivity index (χ1) is 16.6. The highest BCUT2D eigenvalue weighted by atomic mass is 32.2. The molecule has 188 valence electrons. The topological polar surface area (TPSA) is 171 Å². The zero-order valence-electron chi connectivity index (χ0n) is 18.7. The molecule has 2 aromatic carbocycles. The Bertz CT molecular complexity index is 1220. The minimum atomic E-state index is -4.51. The second-order valence-corrected chi connectivity index (χ2v) is 9.45. The Kier molecular flexibility index (Phi) is 7.64. The van der Waals surface area contributed by atoms with Crippen molar-refractivity contribution in [1.29, 1.82) is 0 Å². The van der Waals surface area contributed by atoms with E-state index in [1.165, 1.54) is 31.4 Å². The van der Waals surface area contributed by atoms with E-state index in [1.54, 1.807) is 12.1 Å². The summed E-state index contributed by atoms with van der Waals surface area (Å²) < 4.78 is 33.7. The summed E-state index contributed by atoms with van der Waals surface area (Å²) in [5.74, 6) is 0.181. The van der Waals surface area contributed by atoms with Crippen molar-refractivity contribution in [2.24, 2.45) is 0 Å². The molecule has 1 fully saturated rings. The summed E-state index contributed by atoms with van der Waals surface area (Å²) in [5.41, 5.74) is -0.518. The molecular weight excluding hydrogens is 484 g/mol. The van der Waals surface area contributed by atoms with Gasteiger partial charge in [-0.25, -0.2) is 18.0 Å². The minimum absolute atomic E-state index is 0.0110. The molecule has 0 aliphatic carbocycles. The van der Waals surface area contributed by atoms with Crippen LogP contribution in [-0.2, 0) is 10.0 Å². The van der Waals surface area contributed by atoms with Crippen LogP contribution in [0, 0.1) is 10.1 Å². The van der Waals surface area contributed by atoms with Crippen molar-refractivity contribution in [3.05, 3.63) is 58.6 Å². The van der Waals surface area contributed by atoms with E-state index in [-0.39, 0.29) is 44.0 Å². The van der Waals surface area contributed by atoms with Crippen molar-refractivity contribution < 1.29 is 37.9 Å². The lowest BCUT2D eigenvalue weighted by Gasteiger charge is -2.39. The highest BCUT2D eigenvalue weighted by Gasteiger charge is 2.36. The van der Waals surface area contributed by atoms with E-state index >= 15 is 0 Å². The predicted molar refractivity (Wildman–Crippen MR) is 123 cm³/mol. The van der Waals surface area contributed by atoms with Crippen LogP contribution in [0.15, 0.2) is 53.4 Å². The highest BCUT2D eigenvalue weighted by molar-refractivity contribution is 7.93. The number of methoxy groups -OCH3 is 1. The number of hydrogen-bond donors (Lipinski definition) is 2. The molecule has 1 aliphatic heterocycles. The van der Waals surface area contributed by atoms with E-state index in [0.29, 0.717) is 0 Å². The first-order valence-electron chi connectivity index (χ1n) is 10.4. The Labute approximate surface area is 200 Å². The van der Waals surface area contributed by atoms with Crippen LogP contribution in [0.4, 0.5) is 21.0 Å². The molecule has 0 unspecified atom stereocenters. The van der Waals surface area contributed by atoms with Gasteiger partial charge in [0, 0.05) is 32.2 Å². The van der Waals surface area contributed by atoms with Crippen LogP contribution in [0.5, 0.6) is 5.75 Å². The lowest BCUT2D eigenvalue weighted by molar-refractivity contribution is -0.387. The molecule has 0 bridgehead atoms. The van der Waals surface area contributed by atoms with E-state index in [2.05, 4.69) is 0 Å². The number of carbonyl (C=O) groups is 2. The standard InChI is InChI=1S/C21H24N4O9S/c1-34-18-8-4-2-6-16(18)24(35(32,33)19-9-5-3-7-17(19)25(30)31)11-10-15-14-22(20(26)27)12-13-23(15)21(28)29/h2-9,15H,10-14H2,1H3,(H,26,27)(H,28,29)/t15-/m1/s1. The number of carboxylic acid groups (broad SMARTS) is 2. The fourth-order valence-corrected chi connectivity index (χ4v) is 5.60. The molecule has 1 heterocycles. The molecule has 13 nitrogen and oxygen atoms in total. The number of nitro benzene ring substituents is 1. The second kappa shape index (κ2) is 10.5. The fourth-order valence-electron chi connectivity index (χ4n) is 3.94. The Morgan fingerprint density at radius 3 is 2.40 bits per heavy atom. The lowest BCUT2D eigenvalue weighted by Crippen LogP contribution is -2.56. The maximum absolute atomic E-state index is 13.7. The van der Waals surface area contributed by atoms with Gasteiger partial charge in [-0.1, -0.05) is 24.3 Å². The third kappa shape index (κ3) is 5.37. The number of piperazine rings is 1. The lowest BCUT2D eigenvalue weighted by atomic mass is 10.1. The molecular formula is C21H24N4O9S. The summed E-state index contributed by atoms with van der Waals surface area (Å²) in [5, 5.41) is 30.4. The van der Waals surface area contributed by atoms with Gasteiger partial charge in [-0.2, -0.15) is 0 Å². The number of anilines is 1. The van der Waals surface area contributed by atoms with Crippen LogP contribution in [0.25, 0.3) is 0 Å². The monoisotopic (exact) mass is 508 g/mol. The zero-order valence-corrected chi connectivity index (χ0v) is 19.5. The van der Waals surface area contributed by atoms with Gasteiger partial charge in [0.25, 0.3) is 15.7 Å². The average Bonchev–Trinajstić information content (AvgIpc) is 2.84. The number of nitro groups is 1. The fraction of sp³-hybridized carbons (Fsp3) is 0.333. The van der Waals surface area contributed by atoms with Crippen molar-refractivity contribution in [1.82, 2.24) is 9.80 Å². The van der Waals surface area contributed by atoms with Crippen LogP contribution >= 0.6 is 0 Å². The van der Waals surface area contributed by atoms with E-state index in [4.69, 9.17) is 4.74 Å². The summed E-state index contributed by atoms with van der Waals surface area (Å²) >= 11 is 0. The number of sulfonamides is 1. The maximum Gasteiger partial charge on any atom is 0.407 e. The van der Waals surface area contributed by atoms with Gasteiger partial charge >= 0.3 is 12.2 Å². The van der Waals surface area contributed by atoms with E-state index < -0.39 is 43.8 Å². The highest BCUT2D eigenvalue weighted by Crippen LogP contribution is 2.35. The van der Waals surface area contributed by atoms with Crippen molar-refractivity contribution in [3.63, 3.8) is 0 Å². The zero-order chi connectivity index (χ0) is 25.8. The number of amides is 2. The SMILES string of the molecule is COc1ccccc1N(CC[C@@H]1CN(C(=O)O)CCN1C(=O)O)S(=O)(=O)c1ccccc1[N+](=O)[O-]. The molecule has 1 aliphatic rings. The molecule has 0 spiro atoms. The van der Waals surface area contributed by atoms with Crippen molar-refractivity contribution in [2.45, 2.75) is 17.4 Å². The first kappa shape index (κ1) is 25.6. The van der Waals surface area contributed by atoms with E-state index in [9.17, 15) is 38.3 Å². The van der Waals surface area contributed by atoms with Crippen LogP contribution in [0.2, 0.25) is 0 Å². The Balaban J connectivity index is 2.04. The van der Waals surface area contributed by atoms with Crippen LogP contribution in [0.3, 0.4) is 0 Å². The summed E-state index contributed by atoms with van der Waals surface area (Å²) in [6.07, 6.45) is -2.55. The molecule has 0 radical (unpaired) electrons. The van der Waals surface area contributed by atoms with Gasteiger partial charge < -0.3 is 24.7 Å². The van der Waals surface area contributed by atoms with Crippen molar-refractivity contribution in [3.8, 4) is 5.75 Å². The van der Waals surface area contributed by atoms with E-state index in [1.807, 2.05) is 0 Å². The van der Waals surface area contributed by atoms with Crippen LogP contribution < -0.4 is 9.04 Å². The quantitative estimate of drug-likeness (QED) is 0.401. The van der Waals surface area contributed by atoms with Gasteiger partial charge in [0.1, 0.15) is 5.75 Å². The molecule has 2 N–H and O–H groups in total. The number of para-hydroxylation sites is 3. The Morgan fingerprint density at radius 2 is 1.77 bits per heavy atom. The second-order valence-electron chi connectivity index (χ2n) is 7.62. The van der Waals surface area contributed by atoms with Gasteiger partial charge in [0.2, 0.25) is 0 Å². The normalized spacial score (nSPS) is 16.0. The third-order valence-electron chi connectivity index (χ3n) is 5.65. The molecule has 2 aromatic rings. The molecule has 0 aromatic heterocycles. The Morgan fingerprint density at radius 1 is 1.11 bits per heavy atom. The molecule has 14 heteroatoms. The maximum atomic E-state index is 13.7. The summed E-state index contributed by atoms with van der Waals surface area (Å²) in [6, 6.07) is 10.2. The van der Waals surface area contributed by atoms with Crippen molar-refractivity contribution in [2.75, 3.05) is 37.6 Å². The average molecular weight is 509 g/mol. The minimum Gasteiger partial charge on any atom is -0.495 e. The van der Waals surface area contributed by atoms with Gasteiger partial charge in [-0.15, -0.1) is 0 Å². The summed E-state index contributed by atoms with van der Waals surface area (Å²) in [4.78, 5) is 35.5. The third-order valence-corrected chi connectivity index (χ3v) is 7.51. The number of rotatable bonds is 8. The molecule has 0 saturated carbocycles. The number of hydrogen-bond acceptors (Lipinski definition) is 7. The molecule has 2 amide bonds. The van der Waals surface area contributed by atoms with Gasteiger partial charge in [0.15, 0.2) is 4.90 Å². The van der Waals surface area contributed by atoms with Gasteiger partial charge in [-0.05, 0) is 24.6 Å².